The Balaban J connectivity index is 1.33. The van der Waals surface area contributed by atoms with E-state index in [4.69, 9.17) is 4.74 Å². The van der Waals surface area contributed by atoms with Gasteiger partial charge in [-0.2, -0.15) is 0 Å². The van der Waals surface area contributed by atoms with Crippen LogP contribution in [0.2, 0.25) is 0 Å². The Morgan fingerprint density at radius 1 is 1.06 bits per heavy atom. The number of rotatable bonds is 3. The van der Waals surface area contributed by atoms with Crippen molar-refractivity contribution in [2.75, 3.05) is 12.0 Å². The van der Waals surface area contributed by atoms with Gasteiger partial charge in [-0.15, -0.1) is 11.8 Å². The van der Waals surface area contributed by atoms with Crippen LogP contribution in [0.4, 0.5) is 10.1 Å². The number of thiazole rings is 1. The summed E-state index contributed by atoms with van der Waals surface area (Å²) in [7, 11) is 1.49. The standard InChI is InChI=1S/C26H21FN2O5S2/c1-34-16-8-10(2-7-15(16)30)17-18-13-9-14(21(18)35-23-22(17)36-26(33)28-23)20-19(13)24(31)29(25(20)32)12-5-3-11(27)4-6-12/h2-8,13-14,17-21,30H,9H2,1H3,(H,28,33)/t13-,14-,17?,18?,19?,20?,21?/m1/s1. The molecule has 3 fully saturated rings. The SMILES string of the molecule is COc1cc(C2c3sc(=O)[nH]c3SC3C2[C@H]2C[C@@H]3C3C(=O)N(c4ccc(F)cc4)C(=O)C32)ccc1O. The number of phenolic OH excluding ortho intramolecular Hbond substituents is 1. The quantitative estimate of drug-likeness (QED) is 0.503. The molecule has 2 amide bonds. The minimum atomic E-state index is -0.437. The molecule has 184 valence electrons. The van der Waals surface area contributed by atoms with Gasteiger partial charge < -0.3 is 14.8 Å². The lowest BCUT2D eigenvalue weighted by atomic mass is 9.68. The summed E-state index contributed by atoms with van der Waals surface area (Å²) in [6.45, 7) is 0. The number of ether oxygens (including phenoxy) is 1. The number of aromatic amines is 1. The molecule has 2 bridgehead atoms. The predicted octanol–water partition coefficient (Wildman–Crippen LogP) is 3.97. The lowest BCUT2D eigenvalue weighted by Gasteiger charge is -2.43. The number of fused-ring (bicyclic) bond motifs is 9. The number of methoxy groups -OCH3 is 1. The summed E-state index contributed by atoms with van der Waals surface area (Å²) in [5.41, 5.74) is 1.31. The van der Waals surface area contributed by atoms with E-state index in [0.29, 0.717) is 11.4 Å². The van der Waals surface area contributed by atoms with Crippen LogP contribution in [0, 0.1) is 35.4 Å². The molecule has 10 heteroatoms. The van der Waals surface area contributed by atoms with Gasteiger partial charge in [0.05, 0.1) is 29.7 Å². The van der Waals surface area contributed by atoms with E-state index in [1.165, 1.54) is 47.6 Å². The second-order valence-electron chi connectivity index (χ2n) is 9.88. The molecule has 4 aliphatic rings. The van der Waals surface area contributed by atoms with E-state index in [1.54, 1.807) is 23.9 Å². The molecular formula is C26H21FN2O5S2. The van der Waals surface area contributed by atoms with Crippen LogP contribution in [0.5, 0.6) is 11.5 Å². The number of thioether (sulfide) groups is 1. The first kappa shape index (κ1) is 22.1. The van der Waals surface area contributed by atoms with Crippen molar-refractivity contribution >= 4 is 40.6 Å². The third-order valence-corrected chi connectivity index (χ3v) is 11.0. The van der Waals surface area contributed by atoms with E-state index in [2.05, 4.69) is 4.98 Å². The minimum absolute atomic E-state index is 0.00467. The number of aromatic hydroxyl groups is 1. The third-order valence-electron chi connectivity index (χ3n) is 8.37. The summed E-state index contributed by atoms with van der Waals surface area (Å²) in [5.74, 6) is -1.48. The Bertz CT molecular complexity index is 1480. The van der Waals surface area contributed by atoms with Crippen LogP contribution in [-0.4, -0.2) is 34.3 Å². The summed E-state index contributed by atoms with van der Waals surface area (Å²) in [4.78, 5) is 44.6. The number of nitrogens with one attached hydrogen (secondary N) is 1. The number of benzene rings is 2. The van der Waals surface area contributed by atoms with Gasteiger partial charge >= 0.3 is 4.87 Å². The van der Waals surface area contributed by atoms with Crippen LogP contribution in [0.3, 0.4) is 0 Å². The van der Waals surface area contributed by atoms with Crippen LogP contribution in [0.1, 0.15) is 22.8 Å². The van der Waals surface area contributed by atoms with Crippen LogP contribution in [0.25, 0.3) is 0 Å². The molecular weight excluding hydrogens is 503 g/mol. The Kier molecular flexibility index (Phi) is 4.73. The van der Waals surface area contributed by atoms with Gasteiger partial charge in [-0.3, -0.25) is 19.3 Å². The van der Waals surface area contributed by atoms with Crippen LogP contribution in [0.15, 0.2) is 52.3 Å². The first-order valence-electron chi connectivity index (χ1n) is 11.8. The van der Waals surface area contributed by atoms with Crippen LogP contribution >= 0.6 is 23.1 Å². The zero-order chi connectivity index (χ0) is 24.9. The number of carbonyl (C=O) groups is 2. The predicted molar refractivity (Wildman–Crippen MR) is 132 cm³/mol. The second-order valence-corrected chi connectivity index (χ2v) is 12.1. The molecule has 2 saturated carbocycles. The van der Waals surface area contributed by atoms with Gasteiger partial charge in [0.25, 0.3) is 0 Å². The summed E-state index contributed by atoms with van der Waals surface area (Å²) in [6, 6.07) is 10.7. The fourth-order valence-electron chi connectivity index (χ4n) is 7.12. The van der Waals surface area contributed by atoms with E-state index >= 15 is 0 Å². The average Bonchev–Trinajstić information content (AvgIpc) is 3.59. The second kappa shape index (κ2) is 7.69. The van der Waals surface area contributed by atoms with Gasteiger partial charge in [0, 0.05) is 16.0 Å². The Hall–Kier alpha value is -3.11. The molecule has 7 nitrogen and oxygen atoms in total. The highest BCUT2D eigenvalue weighted by atomic mass is 32.2. The Morgan fingerprint density at radius 3 is 2.50 bits per heavy atom. The number of anilines is 1. The van der Waals surface area contributed by atoms with Crippen molar-refractivity contribution in [3.05, 3.63) is 68.4 Å². The smallest absolute Gasteiger partial charge is 0.305 e. The number of aromatic nitrogens is 1. The third kappa shape index (κ3) is 2.88. The maximum absolute atomic E-state index is 13.7. The minimum Gasteiger partial charge on any atom is -0.504 e. The zero-order valence-electron chi connectivity index (χ0n) is 19.0. The lowest BCUT2D eigenvalue weighted by molar-refractivity contribution is -0.123. The monoisotopic (exact) mass is 524 g/mol. The molecule has 2 aliphatic carbocycles. The van der Waals surface area contributed by atoms with Crippen molar-refractivity contribution < 1.29 is 23.8 Å². The molecule has 36 heavy (non-hydrogen) atoms. The van der Waals surface area contributed by atoms with E-state index in [0.717, 1.165) is 21.9 Å². The van der Waals surface area contributed by atoms with Crippen molar-refractivity contribution in [2.24, 2.45) is 29.6 Å². The van der Waals surface area contributed by atoms with Crippen LogP contribution in [-0.2, 0) is 9.59 Å². The molecule has 2 aliphatic heterocycles. The topological polar surface area (TPSA) is 99.7 Å². The number of phenols is 1. The molecule has 0 spiro atoms. The molecule has 5 unspecified atom stereocenters. The van der Waals surface area contributed by atoms with Crippen molar-refractivity contribution in [1.82, 2.24) is 4.98 Å². The highest BCUT2D eigenvalue weighted by molar-refractivity contribution is 8.00. The molecule has 1 aromatic heterocycles. The first-order valence-corrected chi connectivity index (χ1v) is 13.5. The highest BCUT2D eigenvalue weighted by Crippen LogP contribution is 2.68. The van der Waals surface area contributed by atoms with Crippen molar-refractivity contribution in [3.8, 4) is 11.5 Å². The molecule has 7 rings (SSSR count). The van der Waals surface area contributed by atoms with E-state index in [9.17, 15) is 23.9 Å². The average molecular weight is 525 g/mol. The summed E-state index contributed by atoms with van der Waals surface area (Å²) in [6.07, 6.45) is 0.775. The zero-order valence-corrected chi connectivity index (χ0v) is 20.6. The molecule has 2 aromatic carbocycles. The number of hydrogen-bond donors (Lipinski definition) is 2. The largest absolute Gasteiger partial charge is 0.504 e. The maximum atomic E-state index is 13.7. The van der Waals surface area contributed by atoms with E-state index in [1.807, 2.05) is 6.07 Å². The van der Waals surface area contributed by atoms with E-state index < -0.39 is 17.7 Å². The number of imide groups is 1. The van der Waals surface area contributed by atoms with Crippen molar-refractivity contribution in [1.29, 1.82) is 0 Å². The Labute approximate surface area is 213 Å². The Morgan fingerprint density at radius 2 is 1.78 bits per heavy atom. The summed E-state index contributed by atoms with van der Waals surface area (Å²) in [5, 5.41) is 11.1. The van der Waals surface area contributed by atoms with E-state index in [-0.39, 0.29) is 51.4 Å². The number of amides is 2. The number of nitrogens with zero attached hydrogens (tertiary/aromatic N) is 1. The van der Waals surface area contributed by atoms with Crippen LogP contribution < -0.4 is 14.5 Å². The fourth-order valence-corrected chi connectivity index (χ4v) is 10.0. The molecule has 0 radical (unpaired) electrons. The molecule has 3 heterocycles. The molecule has 3 aromatic rings. The number of halogens is 1. The lowest BCUT2D eigenvalue weighted by Crippen LogP contribution is -2.42. The number of hydrogen-bond acceptors (Lipinski definition) is 7. The van der Waals surface area contributed by atoms with Gasteiger partial charge in [0.2, 0.25) is 11.8 Å². The van der Waals surface area contributed by atoms with Gasteiger partial charge in [0.15, 0.2) is 11.5 Å². The van der Waals surface area contributed by atoms with Gasteiger partial charge in [0.1, 0.15) is 5.82 Å². The fraction of sp³-hybridized carbons (Fsp3) is 0.346. The van der Waals surface area contributed by atoms with Gasteiger partial charge in [-0.25, -0.2) is 4.39 Å². The highest BCUT2D eigenvalue weighted by Gasteiger charge is 2.69. The van der Waals surface area contributed by atoms with Crippen molar-refractivity contribution in [2.45, 2.75) is 22.6 Å². The summed E-state index contributed by atoms with van der Waals surface area (Å²) < 4.78 is 18.9. The summed E-state index contributed by atoms with van der Waals surface area (Å²) >= 11 is 2.80. The molecule has 1 saturated heterocycles. The van der Waals surface area contributed by atoms with Gasteiger partial charge in [-0.05, 0) is 66.1 Å². The maximum Gasteiger partial charge on any atom is 0.305 e. The normalized spacial score (nSPS) is 31.9. The molecule has 2 N–H and O–H groups in total. The molecule has 7 atom stereocenters. The number of H-pyrrole nitrogens is 1. The van der Waals surface area contributed by atoms with Crippen molar-refractivity contribution in [3.63, 3.8) is 0 Å². The number of carbonyl (C=O) groups excluding carboxylic acids is 2. The van der Waals surface area contributed by atoms with Gasteiger partial charge in [-0.1, -0.05) is 17.4 Å². The first-order chi connectivity index (χ1) is 17.4.